The molecule has 1 saturated carbocycles. The maximum Gasteiger partial charge on any atom is 0.0736 e. The predicted molar refractivity (Wildman–Crippen MR) is 105 cm³/mol. The minimum atomic E-state index is 0.211. The van der Waals surface area contributed by atoms with Crippen molar-refractivity contribution in [3.8, 4) is 0 Å². The lowest BCUT2D eigenvalue weighted by molar-refractivity contribution is 0.0138. The maximum atomic E-state index is 2.75. The second-order valence-electron chi connectivity index (χ2n) is 9.07. The number of rotatable bonds is 3. The van der Waals surface area contributed by atoms with Gasteiger partial charge in [0.05, 0.1) is 11.6 Å². The Morgan fingerprint density at radius 2 is 2.04 bits per heavy atom. The van der Waals surface area contributed by atoms with E-state index in [1.807, 2.05) is 0 Å². The van der Waals surface area contributed by atoms with Crippen LogP contribution in [0.4, 0.5) is 0 Å². The first kappa shape index (κ1) is 15.7. The molecule has 1 nitrogen and oxygen atoms in total. The topological polar surface area (TPSA) is 3.24 Å². The first-order valence-corrected chi connectivity index (χ1v) is 10.3. The van der Waals surface area contributed by atoms with Gasteiger partial charge in [-0.1, -0.05) is 56.7 Å². The van der Waals surface area contributed by atoms with E-state index in [1.165, 1.54) is 37.7 Å². The molecule has 5 aliphatic rings. The van der Waals surface area contributed by atoms with Crippen molar-refractivity contribution < 1.29 is 0 Å². The summed E-state index contributed by atoms with van der Waals surface area (Å²) in [4.78, 5) is 2.75. The molecule has 0 N–H and O–H groups in total. The fourth-order valence-electron chi connectivity index (χ4n) is 6.39. The smallest absolute Gasteiger partial charge is 0.0736 e. The molecular formula is C24H31N. The lowest BCUT2D eigenvalue weighted by Gasteiger charge is -2.66. The van der Waals surface area contributed by atoms with E-state index in [2.05, 4.69) is 69.2 Å². The zero-order valence-corrected chi connectivity index (χ0v) is 16.2. The highest BCUT2D eigenvalue weighted by Crippen LogP contribution is 2.69. The molecule has 0 spiro atoms. The van der Waals surface area contributed by atoms with Crippen molar-refractivity contribution >= 4 is 0 Å². The highest BCUT2D eigenvalue weighted by molar-refractivity contribution is 5.58. The molecule has 0 bridgehead atoms. The van der Waals surface area contributed by atoms with Crippen LogP contribution in [0.3, 0.4) is 0 Å². The SMILES string of the molecule is CCC12C=CC1(C1CC1)C1=C(C=CCC1)C1C=C(C(C)C)C(C)=CN12. The fourth-order valence-corrected chi connectivity index (χ4v) is 6.39. The zero-order valence-electron chi connectivity index (χ0n) is 16.2. The van der Waals surface area contributed by atoms with Crippen LogP contribution in [-0.4, -0.2) is 16.5 Å². The van der Waals surface area contributed by atoms with Gasteiger partial charge in [0.1, 0.15) is 0 Å². The maximum absolute atomic E-state index is 2.75. The summed E-state index contributed by atoms with van der Waals surface area (Å²) in [7, 11) is 0. The molecule has 132 valence electrons. The molecule has 3 aliphatic carbocycles. The standard InChI is InChI=1S/C24H31N/c1-5-23-12-13-24(23,18-10-11-18)21-9-7-6-8-19(21)22-14-20(16(2)3)17(4)15-25(22)23/h6,8,12-16,18,22H,5,7,9-11H2,1-4H3. The van der Waals surface area contributed by atoms with Gasteiger partial charge in [0.2, 0.25) is 0 Å². The van der Waals surface area contributed by atoms with Crippen molar-refractivity contribution in [3.05, 3.63) is 58.9 Å². The Hall–Kier alpha value is -1.50. The van der Waals surface area contributed by atoms with Crippen LogP contribution in [0.25, 0.3) is 0 Å². The molecule has 0 aromatic heterocycles. The van der Waals surface area contributed by atoms with Gasteiger partial charge in [-0.3, -0.25) is 0 Å². The van der Waals surface area contributed by atoms with Crippen LogP contribution in [0.1, 0.15) is 59.8 Å². The van der Waals surface area contributed by atoms with Crippen LogP contribution in [-0.2, 0) is 0 Å². The third-order valence-electron chi connectivity index (χ3n) is 7.63. The van der Waals surface area contributed by atoms with Gasteiger partial charge in [-0.2, -0.15) is 0 Å². The minimum Gasteiger partial charge on any atom is -0.356 e. The molecule has 2 heterocycles. The molecule has 2 aliphatic heterocycles. The molecular weight excluding hydrogens is 302 g/mol. The summed E-state index contributed by atoms with van der Waals surface area (Å²) < 4.78 is 0. The molecule has 1 heteroatoms. The van der Waals surface area contributed by atoms with Crippen LogP contribution >= 0.6 is 0 Å². The second kappa shape index (κ2) is 5.02. The van der Waals surface area contributed by atoms with Crippen LogP contribution in [0.15, 0.2) is 58.9 Å². The Kier molecular flexibility index (Phi) is 3.16. The third kappa shape index (κ3) is 1.75. The molecule has 0 aromatic carbocycles. The van der Waals surface area contributed by atoms with E-state index in [-0.39, 0.29) is 5.54 Å². The Bertz CT molecular complexity index is 770. The number of fused-ring (bicyclic) bond motifs is 5. The van der Waals surface area contributed by atoms with Crippen LogP contribution in [0.2, 0.25) is 0 Å². The molecule has 0 saturated heterocycles. The van der Waals surface area contributed by atoms with E-state index in [4.69, 9.17) is 0 Å². The van der Waals surface area contributed by atoms with Gasteiger partial charge in [0.25, 0.3) is 0 Å². The minimum absolute atomic E-state index is 0.211. The predicted octanol–water partition coefficient (Wildman–Crippen LogP) is 5.93. The lowest BCUT2D eigenvalue weighted by Crippen LogP contribution is -2.68. The van der Waals surface area contributed by atoms with E-state index < -0.39 is 0 Å². The largest absolute Gasteiger partial charge is 0.356 e. The molecule has 3 unspecified atom stereocenters. The van der Waals surface area contributed by atoms with Crippen molar-refractivity contribution in [1.29, 1.82) is 0 Å². The van der Waals surface area contributed by atoms with Crippen molar-refractivity contribution in [1.82, 2.24) is 4.90 Å². The van der Waals surface area contributed by atoms with E-state index >= 15 is 0 Å². The summed E-state index contributed by atoms with van der Waals surface area (Å²) in [5.74, 6) is 1.47. The average Bonchev–Trinajstić information content (AvgIpc) is 3.40. The molecule has 0 amide bonds. The number of hydrogen-bond acceptors (Lipinski definition) is 1. The van der Waals surface area contributed by atoms with E-state index in [1.54, 1.807) is 16.7 Å². The van der Waals surface area contributed by atoms with Gasteiger partial charge >= 0.3 is 0 Å². The van der Waals surface area contributed by atoms with Crippen LogP contribution < -0.4 is 0 Å². The molecule has 0 aromatic rings. The van der Waals surface area contributed by atoms with E-state index in [0.29, 0.717) is 17.4 Å². The van der Waals surface area contributed by atoms with E-state index in [0.717, 1.165) is 5.92 Å². The summed E-state index contributed by atoms with van der Waals surface area (Å²) in [5, 5.41) is 0. The quantitative estimate of drug-likeness (QED) is 0.578. The normalized spacial score (nSPS) is 38.8. The van der Waals surface area contributed by atoms with Gasteiger partial charge in [-0.25, -0.2) is 0 Å². The van der Waals surface area contributed by atoms with Crippen molar-refractivity contribution in [2.45, 2.75) is 71.4 Å². The highest BCUT2D eigenvalue weighted by atomic mass is 15.3. The first-order valence-electron chi connectivity index (χ1n) is 10.3. The third-order valence-corrected chi connectivity index (χ3v) is 7.63. The lowest BCUT2D eigenvalue weighted by atomic mass is 9.48. The number of nitrogens with zero attached hydrogens (tertiary/aromatic N) is 1. The molecule has 3 atom stereocenters. The summed E-state index contributed by atoms with van der Waals surface area (Å²) in [6.45, 7) is 9.39. The van der Waals surface area contributed by atoms with Gasteiger partial charge in [0, 0.05) is 11.6 Å². The van der Waals surface area contributed by atoms with Crippen LogP contribution in [0.5, 0.6) is 0 Å². The summed E-state index contributed by atoms with van der Waals surface area (Å²) in [5.41, 5.74) is 6.94. The van der Waals surface area contributed by atoms with Crippen molar-refractivity contribution in [2.24, 2.45) is 17.3 Å². The van der Waals surface area contributed by atoms with Gasteiger partial charge in [-0.05, 0) is 67.6 Å². The average molecular weight is 334 g/mol. The zero-order chi connectivity index (χ0) is 17.4. The van der Waals surface area contributed by atoms with Gasteiger partial charge in [-0.15, -0.1) is 0 Å². The number of allylic oxidation sites excluding steroid dienone is 3. The second-order valence-corrected chi connectivity index (χ2v) is 9.07. The molecule has 1 fully saturated rings. The van der Waals surface area contributed by atoms with Crippen molar-refractivity contribution in [3.63, 3.8) is 0 Å². The summed E-state index contributed by atoms with van der Waals surface area (Å²) >= 11 is 0. The fraction of sp³-hybridized carbons (Fsp3) is 0.583. The van der Waals surface area contributed by atoms with Gasteiger partial charge < -0.3 is 4.90 Å². The highest BCUT2D eigenvalue weighted by Gasteiger charge is 2.67. The van der Waals surface area contributed by atoms with Crippen LogP contribution in [0, 0.1) is 17.3 Å². The summed E-state index contributed by atoms with van der Waals surface area (Å²) in [6.07, 6.45) is 21.7. The Morgan fingerprint density at radius 1 is 1.24 bits per heavy atom. The van der Waals surface area contributed by atoms with Gasteiger partial charge in [0.15, 0.2) is 0 Å². The molecule has 25 heavy (non-hydrogen) atoms. The number of hydrogen-bond donors (Lipinski definition) is 0. The monoisotopic (exact) mass is 333 g/mol. The first-order chi connectivity index (χ1) is 12.0. The Balaban J connectivity index is 1.76. The molecule has 0 radical (unpaired) electrons. The summed E-state index contributed by atoms with van der Waals surface area (Å²) in [6, 6.07) is 0.435. The molecule has 5 rings (SSSR count). The van der Waals surface area contributed by atoms with E-state index in [9.17, 15) is 0 Å². The Labute approximate surface area is 152 Å². The Morgan fingerprint density at radius 3 is 2.64 bits per heavy atom. The van der Waals surface area contributed by atoms with Crippen molar-refractivity contribution in [2.75, 3.05) is 0 Å².